The molecule has 0 saturated carbocycles. The third-order valence-corrected chi connectivity index (χ3v) is 4.12. The molecule has 0 saturated heterocycles. The summed E-state index contributed by atoms with van der Waals surface area (Å²) < 4.78 is 10.7. The first-order valence-corrected chi connectivity index (χ1v) is 8.03. The van der Waals surface area contributed by atoms with Gasteiger partial charge < -0.3 is 14.8 Å². The number of anilines is 1. The molecule has 2 rings (SSSR count). The summed E-state index contributed by atoms with van der Waals surface area (Å²) in [4.78, 5) is 1.26. The van der Waals surface area contributed by atoms with Gasteiger partial charge in [0, 0.05) is 22.2 Å². The van der Waals surface area contributed by atoms with Crippen LogP contribution >= 0.6 is 11.8 Å². The Hall–Kier alpha value is -1.81. The molecule has 3 nitrogen and oxygen atoms in total. The lowest BCUT2D eigenvalue weighted by Gasteiger charge is -2.19. The van der Waals surface area contributed by atoms with E-state index in [1.807, 2.05) is 18.2 Å². The molecule has 0 heterocycles. The number of hydrogen-bond acceptors (Lipinski definition) is 4. The minimum Gasteiger partial charge on any atom is -0.497 e. The number of hydrogen-bond donors (Lipinski definition) is 1. The first-order chi connectivity index (χ1) is 10.2. The quantitative estimate of drug-likeness (QED) is 0.790. The van der Waals surface area contributed by atoms with Crippen LogP contribution in [0.1, 0.15) is 18.5 Å². The molecule has 0 amide bonds. The molecule has 112 valence electrons. The van der Waals surface area contributed by atoms with Crippen LogP contribution in [-0.2, 0) is 0 Å². The molecule has 0 radical (unpaired) electrons. The largest absolute Gasteiger partial charge is 0.497 e. The second kappa shape index (κ2) is 7.27. The lowest BCUT2D eigenvalue weighted by Crippen LogP contribution is -2.08. The molecule has 1 unspecified atom stereocenters. The zero-order chi connectivity index (χ0) is 15.2. The fraction of sp³-hybridized carbons (Fsp3) is 0.294. The Morgan fingerprint density at radius 3 is 2.29 bits per heavy atom. The van der Waals surface area contributed by atoms with Gasteiger partial charge in [-0.25, -0.2) is 0 Å². The van der Waals surface area contributed by atoms with Crippen molar-refractivity contribution in [3.63, 3.8) is 0 Å². The van der Waals surface area contributed by atoms with E-state index in [4.69, 9.17) is 9.47 Å². The summed E-state index contributed by atoms with van der Waals surface area (Å²) in [5.41, 5.74) is 2.20. The highest BCUT2D eigenvalue weighted by Crippen LogP contribution is 2.31. The van der Waals surface area contributed by atoms with Gasteiger partial charge >= 0.3 is 0 Å². The summed E-state index contributed by atoms with van der Waals surface area (Å²) in [7, 11) is 3.34. The molecule has 0 aliphatic carbocycles. The fourth-order valence-electron chi connectivity index (χ4n) is 2.19. The molecule has 4 heteroatoms. The Morgan fingerprint density at radius 2 is 1.71 bits per heavy atom. The summed E-state index contributed by atoms with van der Waals surface area (Å²) >= 11 is 1.74. The van der Waals surface area contributed by atoms with Crippen molar-refractivity contribution < 1.29 is 9.47 Å². The van der Waals surface area contributed by atoms with E-state index >= 15 is 0 Å². The Labute approximate surface area is 130 Å². The van der Waals surface area contributed by atoms with Gasteiger partial charge in [-0.3, -0.25) is 0 Å². The van der Waals surface area contributed by atoms with Gasteiger partial charge in [-0.2, -0.15) is 0 Å². The van der Waals surface area contributed by atoms with Crippen molar-refractivity contribution in [1.82, 2.24) is 0 Å². The molecular formula is C17H21NO2S. The Bertz CT molecular complexity index is 584. The van der Waals surface area contributed by atoms with Gasteiger partial charge in [0.25, 0.3) is 0 Å². The van der Waals surface area contributed by atoms with E-state index in [1.54, 1.807) is 26.0 Å². The summed E-state index contributed by atoms with van der Waals surface area (Å²) in [6.45, 7) is 2.12. The highest BCUT2D eigenvalue weighted by atomic mass is 32.2. The molecule has 2 aromatic rings. The Balaban J connectivity index is 2.17. The SMILES string of the molecule is COc1ccc(C(C)Nc2ccc(SC)cc2)c(OC)c1. The number of rotatable bonds is 6. The number of nitrogens with one attached hydrogen (secondary N) is 1. The highest BCUT2D eigenvalue weighted by Gasteiger charge is 2.12. The van der Waals surface area contributed by atoms with Gasteiger partial charge in [-0.05, 0) is 49.6 Å². The van der Waals surface area contributed by atoms with Crippen LogP contribution in [0, 0.1) is 0 Å². The smallest absolute Gasteiger partial charge is 0.127 e. The van der Waals surface area contributed by atoms with E-state index in [0.717, 1.165) is 22.7 Å². The maximum atomic E-state index is 5.46. The average Bonchev–Trinajstić information content (AvgIpc) is 2.54. The lowest BCUT2D eigenvalue weighted by atomic mass is 10.1. The zero-order valence-corrected chi connectivity index (χ0v) is 13.7. The topological polar surface area (TPSA) is 30.5 Å². The van der Waals surface area contributed by atoms with E-state index in [0.29, 0.717) is 0 Å². The van der Waals surface area contributed by atoms with E-state index < -0.39 is 0 Å². The van der Waals surface area contributed by atoms with Crippen LogP contribution in [0.4, 0.5) is 5.69 Å². The van der Waals surface area contributed by atoms with Crippen molar-refractivity contribution in [3.8, 4) is 11.5 Å². The first-order valence-electron chi connectivity index (χ1n) is 6.80. The van der Waals surface area contributed by atoms with Crippen LogP contribution in [0.2, 0.25) is 0 Å². The minimum atomic E-state index is 0.144. The third-order valence-electron chi connectivity index (χ3n) is 3.38. The van der Waals surface area contributed by atoms with Gasteiger partial charge in [-0.1, -0.05) is 0 Å². The number of thioether (sulfide) groups is 1. The summed E-state index contributed by atoms with van der Waals surface area (Å²) in [6.07, 6.45) is 2.08. The molecule has 0 aromatic heterocycles. The van der Waals surface area contributed by atoms with E-state index in [-0.39, 0.29) is 6.04 Å². The second-order valence-electron chi connectivity index (χ2n) is 4.70. The molecule has 0 aliphatic rings. The van der Waals surface area contributed by atoms with Gasteiger partial charge in [0.2, 0.25) is 0 Å². The fourth-order valence-corrected chi connectivity index (χ4v) is 2.60. The molecule has 21 heavy (non-hydrogen) atoms. The number of methoxy groups -OCH3 is 2. The normalized spacial score (nSPS) is 11.8. The minimum absolute atomic E-state index is 0.144. The van der Waals surface area contributed by atoms with Crippen LogP contribution in [0.3, 0.4) is 0 Å². The number of ether oxygens (including phenoxy) is 2. The van der Waals surface area contributed by atoms with Crippen LogP contribution in [0.25, 0.3) is 0 Å². The van der Waals surface area contributed by atoms with E-state index in [1.165, 1.54) is 4.90 Å². The maximum Gasteiger partial charge on any atom is 0.127 e. The van der Waals surface area contributed by atoms with Crippen molar-refractivity contribution >= 4 is 17.4 Å². The summed E-state index contributed by atoms with van der Waals surface area (Å²) in [6, 6.07) is 14.5. The summed E-state index contributed by atoms with van der Waals surface area (Å²) in [5.74, 6) is 1.63. The van der Waals surface area contributed by atoms with Crippen LogP contribution in [0.5, 0.6) is 11.5 Å². The predicted octanol–water partition coefficient (Wildman–Crippen LogP) is 4.60. The zero-order valence-electron chi connectivity index (χ0n) is 12.8. The molecule has 0 fully saturated rings. The first kappa shape index (κ1) is 15.6. The molecule has 0 aliphatic heterocycles. The second-order valence-corrected chi connectivity index (χ2v) is 5.58. The lowest BCUT2D eigenvalue weighted by molar-refractivity contribution is 0.390. The number of benzene rings is 2. The molecule has 1 atom stereocenters. The van der Waals surface area contributed by atoms with Crippen molar-refractivity contribution in [2.45, 2.75) is 17.9 Å². The van der Waals surface area contributed by atoms with Crippen molar-refractivity contribution in [2.24, 2.45) is 0 Å². The van der Waals surface area contributed by atoms with Crippen molar-refractivity contribution in [3.05, 3.63) is 48.0 Å². The molecule has 0 spiro atoms. The maximum absolute atomic E-state index is 5.46. The molecular weight excluding hydrogens is 282 g/mol. The van der Waals surface area contributed by atoms with Crippen LogP contribution in [0.15, 0.2) is 47.4 Å². The molecule has 2 aromatic carbocycles. The highest BCUT2D eigenvalue weighted by molar-refractivity contribution is 7.98. The van der Waals surface area contributed by atoms with Gasteiger partial charge in [-0.15, -0.1) is 11.8 Å². The van der Waals surface area contributed by atoms with Crippen molar-refractivity contribution in [1.29, 1.82) is 0 Å². The van der Waals surface area contributed by atoms with Crippen LogP contribution < -0.4 is 14.8 Å². The van der Waals surface area contributed by atoms with Gasteiger partial charge in [0.05, 0.1) is 20.3 Å². The third kappa shape index (κ3) is 3.85. The monoisotopic (exact) mass is 303 g/mol. The Morgan fingerprint density at radius 1 is 1.00 bits per heavy atom. The van der Waals surface area contributed by atoms with Gasteiger partial charge in [0.1, 0.15) is 11.5 Å². The molecule has 0 bridgehead atoms. The van der Waals surface area contributed by atoms with E-state index in [2.05, 4.69) is 42.8 Å². The Kier molecular flexibility index (Phi) is 5.39. The average molecular weight is 303 g/mol. The standard InChI is InChI=1S/C17H21NO2S/c1-12(18-13-5-8-15(21-4)9-6-13)16-10-7-14(19-2)11-17(16)20-3/h5-12,18H,1-4H3. The van der Waals surface area contributed by atoms with Gasteiger partial charge in [0.15, 0.2) is 0 Å². The van der Waals surface area contributed by atoms with E-state index in [9.17, 15) is 0 Å². The van der Waals surface area contributed by atoms with Crippen molar-refractivity contribution in [2.75, 3.05) is 25.8 Å². The van der Waals surface area contributed by atoms with Crippen LogP contribution in [-0.4, -0.2) is 20.5 Å². The summed E-state index contributed by atoms with van der Waals surface area (Å²) in [5, 5.41) is 3.49. The predicted molar refractivity (Wildman–Crippen MR) is 89.8 cm³/mol. The molecule has 1 N–H and O–H groups in total.